The summed E-state index contributed by atoms with van der Waals surface area (Å²) in [5, 5.41) is 0. The van der Waals surface area contributed by atoms with E-state index in [9.17, 15) is 14.4 Å². The predicted molar refractivity (Wildman–Crippen MR) is 238 cm³/mol. The summed E-state index contributed by atoms with van der Waals surface area (Å²) in [5.74, 6) is 0.805. The molecule has 0 aromatic rings. The lowest BCUT2D eigenvalue weighted by Gasteiger charge is -2.18. The molecule has 0 aliphatic rings. The van der Waals surface area contributed by atoms with Crippen molar-refractivity contribution in [3.8, 4) is 0 Å². The number of hydrogen-bond acceptors (Lipinski definition) is 6. The first-order chi connectivity index (χ1) is 27.2. The van der Waals surface area contributed by atoms with Gasteiger partial charge in [0.25, 0.3) is 0 Å². The van der Waals surface area contributed by atoms with Gasteiger partial charge in [0, 0.05) is 19.3 Å². The maximum absolute atomic E-state index is 12.7. The second-order valence-electron chi connectivity index (χ2n) is 18.1. The third kappa shape index (κ3) is 43.5. The van der Waals surface area contributed by atoms with Gasteiger partial charge >= 0.3 is 17.9 Å². The summed E-state index contributed by atoms with van der Waals surface area (Å²) in [6.07, 6.45) is 42.3. The average Bonchev–Trinajstić information content (AvgIpc) is 3.16. The molecule has 0 saturated carbocycles. The molecule has 0 N–H and O–H groups in total. The monoisotopic (exact) mass is 793 g/mol. The molecule has 6 heteroatoms. The van der Waals surface area contributed by atoms with Gasteiger partial charge in [0.05, 0.1) is 0 Å². The second kappa shape index (κ2) is 43.0. The van der Waals surface area contributed by atoms with Crippen molar-refractivity contribution in [2.45, 2.75) is 278 Å². The zero-order valence-electron chi connectivity index (χ0n) is 38.3. The summed E-state index contributed by atoms with van der Waals surface area (Å²) in [5.41, 5.74) is 0. The predicted octanol–water partition coefficient (Wildman–Crippen LogP) is 15.8. The van der Waals surface area contributed by atoms with Gasteiger partial charge < -0.3 is 14.2 Å². The quantitative estimate of drug-likeness (QED) is 0.0347. The molecule has 0 amide bonds. The van der Waals surface area contributed by atoms with E-state index in [0.717, 1.165) is 69.6 Å². The van der Waals surface area contributed by atoms with Gasteiger partial charge in [-0.05, 0) is 31.1 Å². The minimum atomic E-state index is -0.760. The SMILES string of the molecule is CCCCCCCCCCCC(=O)OC[C@@H](COC(=O)CCCCCCCCCCCCCCC(C)C)OC(=O)CCCCCCCCCCCCCC(C)C. The van der Waals surface area contributed by atoms with Crippen LogP contribution in [-0.4, -0.2) is 37.2 Å². The Labute approximate surface area is 348 Å². The van der Waals surface area contributed by atoms with Crippen LogP contribution in [0.5, 0.6) is 0 Å². The molecule has 0 radical (unpaired) electrons. The lowest BCUT2D eigenvalue weighted by Crippen LogP contribution is -2.30. The Morgan fingerprint density at radius 3 is 0.875 bits per heavy atom. The van der Waals surface area contributed by atoms with Crippen molar-refractivity contribution < 1.29 is 28.6 Å². The maximum Gasteiger partial charge on any atom is 0.306 e. The number of carbonyl (C=O) groups is 3. The van der Waals surface area contributed by atoms with Crippen molar-refractivity contribution in [2.75, 3.05) is 13.2 Å². The molecule has 0 aliphatic carbocycles. The van der Waals surface area contributed by atoms with Gasteiger partial charge in [-0.3, -0.25) is 14.4 Å². The summed E-state index contributed by atoms with van der Waals surface area (Å²) in [6.45, 7) is 11.3. The zero-order chi connectivity index (χ0) is 41.2. The van der Waals surface area contributed by atoms with Crippen molar-refractivity contribution in [1.29, 1.82) is 0 Å². The number of esters is 3. The maximum atomic E-state index is 12.7. The second-order valence-corrected chi connectivity index (χ2v) is 18.1. The minimum absolute atomic E-state index is 0.0641. The van der Waals surface area contributed by atoms with E-state index < -0.39 is 6.10 Å². The molecule has 0 heterocycles. The molecule has 0 unspecified atom stereocenters. The smallest absolute Gasteiger partial charge is 0.306 e. The fourth-order valence-electron chi connectivity index (χ4n) is 7.46. The molecule has 0 spiro atoms. The molecule has 0 bridgehead atoms. The number of rotatable bonds is 44. The Kier molecular flexibility index (Phi) is 41.8. The Bertz CT molecular complexity index is 854. The zero-order valence-corrected chi connectivity index (χ0v) is 38.3. The summed E-state index contributed by atoms with van der Waals surface area (Å²) >= 11 is 0. The first-order valence-corrected chi connectivity index (χ1v) is 24.7. The largest absolute Gasteiger partial charge is 0.462 e. The molecular weight excluding hydrogens is 697 g/mol. The first kappa shape index (κ1) is 54.4. The van der Waals surface area contributed by atoms with Crippen molar-refractivity contribution in [1.82, 2.24) is 0 Å². The van der Waals surface area contributed by atoms with Crippen molar-refractivity contribution in [3.05, 3.63) is 0 Å². The summed E-state index contributed by atoms with van der Waals surface area (Å²) in [7, 11) is 0. The van der Waals surface area contributed by atoms with Crippen LogP contribution in [0, 0.1) is 11.8 Å². The Morgan fingerprint density at radius 2 is 0.589 bits per heavy atom. The van der Waals surface area contributed by atoms with Crippen LogP contribution in [0.15, 0.2) is 0 Å². The molecule has 332 valence electrons. The molecule has 0 fully saturated rings. The number of unbranched alkanes of at least 4 members (excludes halogenated alkanes) is 29. The van der Waals surface area contributed by atoms with E-state index in [1.807, 2.05) is 0 Å². The van der Waals surface area contributed by atoms with Crippen LogP contribution in [0.1, 0.15) is 272 Å². The highest BCUT2D eigenvalue weighted by atomic mass is 16.6. The van der Waals surface area contributed by atoms with Crippen LogP contribution in [0.25, 0.3) is 0 Å². The third-order valence-corrected chi connectivity index (χ3v) is 11.2. The standard InChI is InChI=1S/C50H96O6/c1-6-7-8-9-10-18-25-30-35-40-48(51)54-43-47(56-50(53)42-37-32-27-22-17-13-15-20-24-29-34-39-46(4)5)44-55-49(52)41-36-31-26-21-16-12-11-14-19-23-28-33-38-45(2)3/h45-47H,6-44H2,1-5H3/t47-/m0/s1. The van der Waals surface area contributed by atoms with Gasteiger partial charge in [0.1, 0.15) is 13.2 Å². The van der Waals surface area contributed by atoms with Crippen molar-refractivity contribution in [3.63, 3.8) is 0 Å². The van der Waals surface area contributed by atoms with E-state index in [-0.39, 0.29) is 31.1 Å². The fourth-order valence-corrected chi connectivity index (χ4v) is 7.46. The summed E-state index contributed by atoms with van der Waals surface area (Å²) in [4.78, 5) is 37.8. The molecule has 0 rings (SSSR count). The van der Waals surface area contributed by atoms with Crippen LogP contribution in [0.2, 0.25) is 0 Å². The highest BCUT2D eigenvalue weighted by Crippen LogP contribution is 2.17. The Hall–Kier alpha value is -1.59. The lowest BCUT2D eigenvalue weighted by atomic mass is 10.0. The molecule has 0 aromatic heterocycles. The van der Waals surface area contributed by atoms with Crippen LogP contribution in [0.3, 0.4) is 0 Å². The molecule has 6 nitrogen and oxygen atoms in total. The number of carbonyl (C=O) groups excluding carboxylic acids is 3. The van der Waals surface area contributed by atoms with Crippen LogP contribution >= 0.6 is 0 Å². The van der Waals surface area contributed by atoms with Crippen LogP contribution in [-0.2, 0) is 28.6 Å². The third-order valence-electron chi connectivity index (χ3n) is 11.2. The molecule has 1 atom stereocenters. The fraction of sp³-hybridized carbons (Fsp3) is 0.940. The Balaban J connectivity index is 4.29. The van der Waals surface area contributed by atoms with E-state index in [4.69, 9.17) is 14.2 Å². The van der Waals surface area contributed by atoms with Crippen molar-refractivity contribution in [2.24, 2.45) is 11.8 Å². The highest BCUT2D eigenvalue weighted by molar-refractivity contribution is 5.71. The minimum Gasteiger partial charge on any atom is -0.462 e. The lowest BCUT2D eigenvalue weighted by molar-refractivity contribution is -0.167. The van der Waals surface area contributed by atoms with Gasteiger partial charge in [-0.25, -0.2) is 0 Å². The normalized spacial score (nSPS) is 12.1. The van der Waals surface area contributed by atoms with Gasteiger partial charge in [0.2, 0.25) is 0 Å². The topological polar surface area (TPSA) is 78.9 Å². The van der Waals surface area contributed by atoms with Gasteiger partial charge in [-0.1, -0.05) is 234 Å². The Morgan fingerprint density at radius 1 is 0.339 bits per heavy atom. The van der Waals surface area contributed by atoms with Gasteiger partial charge in [-0.2, -0.15) is 0 Å². The molecule has 0 aromatic carbocycles. The first-order valence-electron chi connectivity index (χ1n) is 24.7. The van der Waals surface area contributed by atoms with Gasteiger partial charge in [0.15, 0.2) is 6.10 Å². The van der Waals surface area contributed by atoms with Crippen LogP contribution in [0.4, 0.5) is 0 Å². The highest BCUT2D eigenvalue weighted by Gasteiger charge is 2.19. The number of hydrogen-bond donors (Lipinski definition) is 0. The van der Waals surface area contributed by atoms with E-state index in [1.165, 1.54) is 161 Å². The van der Waals surface area contributed by atoms with E-state index in [1.54, 1.807) is 0 Å². The van der Waals surface area contributed by atoms with E-state index >= 15 is 0 Å². The molecule has 0 aliphatic heterocycles. The molecular formula is C50H96O6. The summed E-state index contributed by atoms with van der Waals surface area (Å²) < 4.78 is 16.8. The average molecular weight is 793 g/mol. The molecule has 0 saturated heterocycles. The van der Waals surface area contributed by atoms with Crippen LogP contribution < -0.4 is 0 Å². The van der Waals surface area contributed by atoms with E-state index in [0.29, 0.717) is 19.3 Å². The van der Waals surface area contributed by atoms with Gasteiger partial charge in [-0.15, -0.1) is 0 Å². The summed E-state index contributed by atoms with van der Waals surface area (Å²) in [6, 6.07) is 0. The van der Waals surface area contributed by atoms with E-state index in [2.05, 4.69) is 34.6 Å². The molecule has 56 heavy (non-hydrogen) atoms. The number of ether oxygens (including phenoxy) is 3. The van der Waals surface area contributed by atoms with Crippen molar-refractivity contribution >= 4 is 17.9 Å².